The van der Waals surface area contributed by atoms with E-state index in [0.717, 1.165) is 25.0 Å². The Morgan fingerprint density at radius 2 is 2.64 bits per heavy atom. The number of hydrogen-bond donors (Lipinski definition) is 1. The lowest BCUT2D eigenvalue weighted by Crippen LogP contribution is -2.31. The van der Waals surface area contributed by atoms with Crippen LogP contribution in [0.2, 0.25) is 0 Å². The van der Waals surface area contributed by atoms with Crippen molar-refractivity contribution in [1.29, 1.82) is 0 Å². The SMILES string of the molecule is O=C(NCC1CCCO1)c1ccsc1. The summed E-state index contributed by atoms with van der Waals surface area (Å²) in [4.78, 5) is 11.5. The number of hydrogen-bond acceptors (Lipinski definition) is 3. The highest BCUT2D eigenvalue weighted by molar-refractivity contribution is 7.08. The molecule has 1 atom stereocenters. The van der Waals surface area contributed by atoms with E-state index in [4.69, 9.17) is 4.74 Å². The molecule has 1 amide bonds. The van der Waals surface area contributed by atoms with Crippen molar-refractivity contribution in [2.75, 3.05) is 13.2 Å². The van der Waals surface area contributed by atoms with Gasteiger partial charge in [-0.2, -0.15) is 11.3 Å². The topological polar surface area (TPSA) is 38.3 Å². The molecule has 1 aromatic rings. The van der Waals surface area contributed by atoms with Crippen LogP contribution >= 0.6 is 11.3 Å². The maximum atomic E-state index is 11.5. The van der Waals surface area contributed by atoms with Crippen LogP contribution in [0.15, 0.2) is 16.8 Å². The molecule has 0 saturated carbocycles. The van der Waals surface area contributed by atoms with Crippen LogP contribution < -0.4 is 5.32 Å². The van der Waals surface area contributed by atoms with Crippen LogP contribution in [-0.4, -0.2) is 25.2 Å². The van der Waals surface area contributed by atoms with Crippen LogP contribution in [0.4, 0.5) is 0 Å². The highest BCUT2D eigenvalue weighted by atomic mass is 32.1. The van der Waals surface area contributed by atoms with E-state index in [9.17, 15) is 4.79 Å². The van der Waals surface area contributed by atoms with Gasteiger partial charge >= 0.3 is 0 Å². The van der Waals surface area contributed by atoms with Gasteiger partial charge in [0.25, 0.3) is 5.91 Å². The van der Waals surface area contributed by atoms with Crippen LogP contribution in [0, 0.1) is 0 Å². The molecule has 2 heterocycles. The average molecular weight is 211 g/mol. The second kappa shape index (κ2) is 4.57. The van der Waals surface area contributed by atoms with Crippen LogP contribution in [0.25, 0.3) is 0 Å². The third-order valence-electron chi connectivity index (χ3n) is 2.30. The van der Waals surface area contributed by atoms with Crippen LogP contribution in [0.1, 0.15) is 23.2 Å². The second-order valence-electron chi connectivity index (χ2n) is 3.36. The van der Waals surface area contributed by atoms with E-state index in [1.54, 1.807) is 0 Å². The van der Waals surface area contributed by atoms with Crippen molar-refractivity contribution >= 4 is 17.2 Å². The molecule has 0 radical (unpaired) electrons. The molecule has 1 fully saturated rings. The first kappa shape index (κ1) is 9.68. The van der Waals surface area contributed by atoms with Crippen molar-refractivity contribution < 1.29 is 9.53 Å². The molecule has 0 bridgehead atoms. The fraction of sp³-hybridized carbons (Fsp3) is 0.500. The number of amides is 1. The van der Waals surface area contributed by atoms with E-state index in [1.165, 1.54) is 11.3 Å². The Morgan fingerprint density at radius 3 is 3.29 bits per heavy atom. The van der Waals surface area contributed by atoms with Gasteiger partial charge in [-0.05, 0) is 24.3 Å². The smallest absolute Gasteiger partial charge is 0.252 e. The Kier molecular flexibility index (Phi) is 3.16. The fourth-order valence-electron chi connectivity index (χ4n) is 1.51. The van der Waals surface area contributed by atoms with Crippen LogP contribution in [0.3, 0.4) is 0 Å². The molecule has 1 unspecified atom stereocenters. The molecule has 3 nitrogen and oxygen atoms in total. The summed E-state index contributed by atoms with van der Waals surface area (Å²) in [5, 5.41) is 6.63. The Labute approximate surface area is 87.1 Å². The van der Waals surface area contributed by atoms with Crippen molar-refractivity contribution in [1.82, 2.24) is 5.32 Å². The summed E-state index contributed by atoms with van der Waals surface area (Å²) in [6.45, 7) is 1.47. The average Bonchev–Trinajstić information content (AvgIpc) is 2.87. The number of rotatable bonds is 3. The summed E-state index contributed by atoms with van der Waals surface area (Å²) >= 11 is 1.53. The van der Waals surface area contributed by atoms with Crippen molar-refractivity contribution in [3.05, 3.63) is 22.4 Å². The van der Waals surface area contributed by atoms with Gasteiger partial charge in [-0.25, -0.2) is 0 Å². The quantitative estimate of drug-likeness (QED) is 0.825. The summed E-state index contributed by atoms with van der Waals surface area (Å²) in [6.07, 6.45) is 2.39. The summed E-state index contributed by atoms with van der Waals surface area (Å²) < 4.78 is 5.41. The first-order valence-corrected chi connectivity index (χ1v) is 5.72. The number of carbonyl (C=O) groups excluding carboxylic acids is 1. The van der Waals surface area contributed by atoms with E-state index < -0.39 is 0 Å². The zero-order chi connectivity index (χ0) is 9.80. The number of carbonyl (C=O) groups is 1. The molecule has 0 aromatic carbocycles. The van der Waals surface area contributed by atoms with Gasteiger partial charge in [-0.3, -0.25) is 4.79 Å². The van der Waals surface area contributed by atoms with Gasteiger partial charge in [-0.1, -0.05) is 0 Å². The van der Waals surface area contributed by atoms with Gasteiger partial charge in [0.1, 0.15) is 0 Å². The summed E-state index contributed by atoms with van der Waals surface area (Å²) in [5.74, 6) is 0.00162. The summed E-state index contributed by atoms with van der Waals surface area (Å²) in [7, 11) is 0. The number of nitrogens with one attached hydrogen (secondary N) is 1. The minimum Gasteiger partial charge on any atom is -0.376 e. The fourth-order valence-corrected chi connectivity index (χ4v) is 2.14. The first-order chi connectivity index (χ1) is 6.86. The molecule has 1 saturated heterocycles. The molecule has 76 valence electrons. The predicted molar refractivity (Wildman–Crippen MR) is 55.6 cm³/mol. The van der Waals surface area contributed by atoms with Gasteiger partial charge in [0.2, 0.25) is 0 Å². The van der Waals surface area contributed by atoms with Gasteiger partial charge < -0.3 is 10.1 Å². The maximum absolute atomic E-state index is 11.5. The molecule has 1 aliphatic heterocycles. The van der Waals surface area contributed by atoms with Crippen molar-refractivity contribution in [3.8, 4) is 0 Å². The van der Waals surface area contributed by atoms with Gasteiger partial charge in [0.15, 0.2) is 0 Å². The Balaban J connectivity index is 1.78. The summed E-state index contributed by atoms with van der Waals surface area (Å²) in [5.41, 5.74) is 0.744. The van der Waals surface area contributed by atoms with Gasteiger partial charge in [-0.15, -0.1) is 0 Å². The van der Waals surface area contributed by atoms with Crippen LogP contribution in [0.5, 0.6) is 0 Å². The molecule has 14 heavy (non-hydrogen) atoms. The first-order valence-electron chi connectivity index (χ1n) is 4.78. The lowest BCUT2D eigenvalue weighted by Gasteiger charge is -2.09. The maximum Gasteiger partial charge on any atom is 0.252 e. The van der Waals surface area contributed by atoms with Crippen molar-refractivity contribution in [3.63, 3.8) is 0 Å². The predicted octanol–water partition coefficient (Wildman–Crippen LogP) is 1.66. The normalized spacial score (nSPS) is 21.0. The molecule has 4 heteroatoms. The molecule has 1 aliphatic rings. The van der Waals surface area contributed by atoms with Gasteiger partial charge in [0, 0.05) is 24.1 Å². The third kappa shape index (κ3) is 2.33. The molecule has 2 rings (SSSR count). The van der Waals surface area contributed by atoms with Gasteiger partial charge in [0.05, 0.1) is 6.10 Å². The molecular weight excluding hydrogens is 198 g/mol. The molecular formula is C10H13NO2S. The number of ether oxygens (including phenoxy) is 1. The van der Waals surface area contributed by atoms with E-state index in [0.29, 0.717) is 6.54 Å². The lowest BCUT2D eigenvalue weighted by molar-refractivity contribution is 0.0858. The molecule has 1 aromatic heterocycles. The van der Waals surface area contributed by atoms with E-state index in [-0.39, 0.29) is 12.0 Å². The van der Waals surface area contributed by atoms with E-state index in [2.05, 4.69) is 5.32 Å². The van der Waals surface area contributed by atoms with E-state index >= 15 is 0 Å². The molecule has 0 spiro atoms. The Hall–Kier alpha value is -0.870. The second-order valence-corrected chi connectivity index (χ2v) is 4.14. The highest BCUT2D eigenvalue weighted by Crippen LogP contribution is 2.11. The standard InChI is InChI=1S/C10H13NO2S/c12-10(8-3-5-14-7-8)11-6-9-2-1-4-13-9/h3,5,7,9H,1-2,4,6H2,(H,11,12). The van der Waals surface area contributed by atoms with Crippen LogP contribution in [-0.2, 0) is 4.74 Å². The zero-order valence-corrected chi connectivity index (χ0v) is 8.68. The summed E-state index contributed by atoms with van der Waals surface area (Å²) in [6, 6.07) is 1.83. The van der Waals surface area contributed by atoms with E-state index in [1.807, 2.05) is 16.8 Å². The Morgan fingerprint density at radius 1 is 1.71 bits per heavy atom. The largest absolute Gasteiger partial charge is 0.376 e. The zero-order valence-electron chi connectivity index (χ0n) is 7.86. The minimum atomic E-state index is 0.00162. The minimum absolute atomic E-state index is 0.00162. The van der Waals surface area contributed by atoms with Crippen molar-refractivity contribution in [2.24, 2.45) is 0 Å². The molecule has 1 N–H and O–H groups in total. The lowest BCUT2D eigenvalue weighted by atomic mass is 10.2. The number of thiophene rings is 1. The van der Waals surface area contributed by atoms with Crippen molar-refractivity contribution in [2.45, 2.75) is 18.9 Å². The monoisotopic (exact) mass is 211 g/mol. The third-order valence-corrected chi connectivity index (χ3v) is 2.98. The molecule has 0 aliphatic carbocycles. The highest BCUT2D eigenvalue weighted by Gasteiger charge is 2.16. The Bertz CT molecular complexity index is 291.